The minimum Gasteiger partial charge on any atom is -0.481 e. The van der Waals surface area contributed by atoms with Gasteiger partial charge in [0.1, 0.15) is 0 Å². The highest BCUT2D eigenvalue weighted by molar-refractivity contribution is 5.76. The number of nitrogens with one attached hydrogen (secondary N) is 2. The Bertz CT molecular complexity index is 233. The van der Waals surface area contributed by atoms with Gasteiger partial charge in [-0.3, -0.25) is 4.79 Å². The number of carboxylic acid groups (broad SMARTS) is 1. The standard InChI is InChI=1S/C10H20N2O4/c1-4-8(9(13)14)5-11-10(15)12-7(2)6-16-3/h7-8H,4-6H2,1-3H3,(H,13,14)(H2,11,12,15). The quantitative estimate of drug-likeness (QED) is 0.594. The number of rotatable bonds is 7. The number of carbonyl (C=O) groups excluding carboxylic acids is 1. The summed E-state index contributed by atoms with van der Waals surface area (Å²) >= 11 is 0. The van der Waals surface area contributed by atoms with Gasteiger partial charge in [-0.25, -0.2) is 4.79 Å². The highest BCUT2D eigenvalue weighted by Crippen LogP contribution is 2.00. The van der Waals surface area contributed by atoms with Crippen LogP contribution in [0.4, 0.5) is 4.79 Å². The number of ether oxygens (including phenoxy) is 1. The molecule has 0 aromatic heterocycles. The zero-order chi connectivity index (χ0) is 12.6. The molecule has 2 unspecified atom stereocenters. The number of urea groups is 1. The fourth-order valence-corrected chi connectivity index (χ4v) is 1.19. The summed E-state index contributed by atoms with van der Waals surface area (Å²) in [5, 5.41) is 13.9. The van der Waals surface area contributed by atoms with Crippen LogP contribution in [0, 0.1) is 5.92 Å². The van der Waals surface area contributed by atoms with Crippen molar-refractivity contribution in [3.63, 3.8) is 0 Å². The smallest absolute Gasteiger partial charge is 0.315 e. The molecule has 0 fully saturated rings. The van der Waals surface area contributed by atoms with E-state index in [2.05, 4.69) is 10.6 Å². The van der Waals surface area contributed by atoms with Crippen molar-refractivity contribution in [2.24, 2.45) is 5.92 Å². The van der Waals surface area contributed by atoms with Gasteiger partial charge in [-0.1, -0.05) is 6.92 Å². The number of carbonyl (C=O) groups is 2. The molecule has 0 bridgehead atoms. The molecule has 0 aromatic carbocycles. The van der Waals surface area contributed by atoms with Gasteiger partial charge in [0.15, 0.2) is 0 Å². The van der Waals surface area contributed by atoms with Crippen LogP contribution in [0.1, 0.15) is 20.3 Å². The summed E-state index contributed by atoms with van der Waals surface area (Å²) in [5.41, 5.74) is 0. The molecular formula is C10H20N2O4. The minimum absolute atomic E-state index is 0.102. The minimum atomic E-state index is -0.896. The van der Waals surface area contributed by atoms with E-state index in [1.807, 2.05) is 0 Å². The Hall–Kier alpha value is -1.30. The zero-order valence-corrected chi connectivity index (χ0v) is 9.95. The molecule has 0 aliphatic rings. The van der Waals surface area contributed by atoms with Crippen LogP contribution in [0.2, 0.25) is 0 Å². The van der Waals surface area contributed by atoms with Gasteiger partial charge in [-0.2, -0.15) is 0 Å². The molecule has 6 heteroatoms. The first kappa shape index (κ1) is 14.7. The highest BCUT2D eigenvalue weighted by Gasteiger charge is 2.16. The van der Waals surface area contributed by atoms with Crippen LogP contribution in [0.25, 0.3) is 0 Å². The van der Waals surface area contributed by atoms with E-state index in [1.165, 1.54) is 0 Å². The predicted octanol–water partition coefficient (Wildman–Crippen LogP) is 0.431. The normalized spacial score (nSPS) is 13.9. The third-order valence-corrected chi connectivity index (χ3v) is 2.15. The molecule has 3 N–H and O–H groups in total. The van der Waals surface area contributed by atoms with Gasteiger partial charge in [0.25, 0.3) is 0 Å². The van der Waals surface area contributed by atoms with Crippen LogP contribution in [0.3, 0.4) is 0 Å². The molecule has 16 heavy (non-hydrogen) atoms. The van der Waals surface area contributed by atoms with Gasteiger partial charge in [-0.15, -0.1) is 0 Å². The molecule has 0 spiro atoms. The van der Waals surface area contributed by atoms with Gasteiger partial charge in [0.2, 0.25) is 0 Å². The highest BCUT2D eigenvalue weighted by atomic mass is 16.5. The predicted molar refractivity (Wildman–Crippen MR) is 59.3 cm³/mol. The van der Waals surface area contributed by atoms with Gasteiger partial charge in [-0.05, 0) is 13.3 Å². The Kier molecular flexibility index (Phi) is 7.28. The van der Waals surface area contributed by atoms with E-state index in [0.717, 1.165) is 0 Å². The lowest BCUT2D eigenvalue weighted by molar-refractivity contribution is -0.141. The molecule has 0 saturated heterocycles. The summed E-state index contributed by atoms with van der Waals surface area (Å²) in [6.07, 6.45) is 0.489. The zero-order valence-electron chi connectivity index (χ0n) is 9.95. The molecule has 6 nitrogen and oxygen atoms in total. The fourth-order valence-electron chi connectivity index (χ4n) is 1.19. The van der Waals surface area contributed by atoms with Crippen molar-refractivity contribution >= 4 is 12.0 Å². The maximum atomic E-state index is 11.3. The number of hydrogen-bond acceptors (Lipinski definition) is 3. The van der Waals surface area contributed by atoms with Crippen molar-refractivity contribution in [2.75, 3.05) is 20.3 Å². The van der Waals surface area contributed by atoms with E-state index >= 15 is 0 Å². The molecule has 2 amide bonds. The van der Waals surface area contributed by atoms with E-state index in [0.29, 0.717) is 13.0 Å². The van der Waals surface area contributed by atoms with Crippen molar-refractivity contribution in [2.45, 2.75) is 26.3 Å². The van der Waals surface area contributed by atoms with Crippen LogP contribution < -0.4 is 10.6 Å². The van der Waals surface area contributed by atoms with E-state index < -0.39 is 11.9 Å². The van der Waals surface area contributed by atoms with Crippen molar-refractivity contribution < 1.29 is 19.4 Å². The number of carboxylic acids is 1. The molecule has 2 atom stereocenters. The topological polar surface area (TPSA) is 87.7 Å². The Balaban J connectivity index is 3.83. The van der Waals surface area contributed by atoms with Crippen molar-refractivity contribution in [1.29, 1.82) is 0 Å². The second-order valence-corrected chi connectivity index (χ2v) is 3.65. The molecule has 94 valence electrons. The lowest BCUT2D eigenvalue weighted by atomic mass is 10.1. The van der Waals surface area contributed by atoms with Gasteiger partial charge in [0, 0.05) is 13.7 Å². The van der Waals surface area contributed by atoms with E-state index in [-0.39, 0.29) is 18.6 Å². The van der Waals surface area contributed by atoms with Crippen molar-refractivity contribution in [3.8, 4) is 0 Å². The second kappa shape index (κ2) is 7.92. The maximum absolute atomic E-state index is 11.3. The third-order valence-electron chi connectivity index (χ3n) is 2.15. The lowest BCUT2D eigenvalue weighted by Crippen LogP contribution is -2.44. The van der Waals surface area contributed by atoms with Gasteiger partial charge >= 0.3 is 12.0 Å². The Morgan fingerprint density at radius 2 is 2.06 bits per heavy atom. The SMILES string of the molecule is CCC(CNC(=O)NC(C)COC)C(=O)O. The number of methoxy groups -OCH3 is 1. The number of hydrogen-bond donors (Lipinski definition) is 3. The Morgan fingerprint density at radius 3 is 2.50 bits per heavy atom. The molecular weight excluding hydrogens is 212 g/mol. The summed E-state index contributed by atoms with van der Waals surface area (Å²) in [7, 11) is 1.55. The molecule has 0 aliphatic heterocycles. The first-order chi connectivity index (χ1) is 7.51. The van der Waals surface area contributed by atoms with Gasteiger partial charge in [0.05, 0.1) is 18.6 Å². The summed E-state index contributed by atoms with van der Waals surface area (Å²) in [6.45, 7) is 4.13. The summed E-state index contributed by atoms with van der Waals surface area (Å²) in [6, 6.07) is -0.473. The molecule has 0 radical (unpaired) electrons. The Labute approximate surface area is 95.4 Å². The molecule has 0 rings (SSSR count). The molecule has 0 aromatic rings. The van der Waals surface area contributed by atoms with Crippen molar-refractivity contribution in [3.05, 3.63) is 0 Å². The fraction of sp³-hybridized carbons (Fsp3) is 0.800. The largest absolute Gasteiger partial charge is 0.481 e. The van der Waals surface area contributed by atoms with E-state index in [9.17, 15) is 9.59 Å². The first-order valence-corrected chi connectivity index (χ1v) is 5.27. The lowest BCUT2D eigenvalue weighted by Gasteiger charge is -2.15. The van der Waals surface area contributed by atoms with Crippen LogP contribution in [0.15, 0.2) is 0 Å². The van der Waals surface area contributed by atoms with Crippen LogP contribution in [0.5, 0.6) is 0 Å². The molecule has 0 saturated carbocycles. The van der Waals surface area contributed by atoms with Gasteiger partial charge < -0.3 is 20.5 Å². The number of amides is 2. The number of aliphatic carboxylic acids is 1. The first-order valence-electron chi connectivity index (χ1n) is 5.27. The monoisotopic (exact) mass is 232 g/mol. The van der Waals surface area contributed by atoms with Crippen molar-refractivity contribution in [1.82, 2.24) is 10.6 Å². The molecule has 0 aliphatic carbocycles. The second-order valence-electron chi connectivity index (χ2n) is 3.65. The molecule has 0 heterocycles. The average Bonchev–Trinajstić information content (AvgIpc) is 2.18. The van der Waals surface area contributed by atoms with Crippen LogP contribution in [-0.4, -0.2) is 43.4 Å². The third kappa shape index (κ3) is 6.23. The van der Waals surface area contributed by atoms with E-state index in [4.69, 9.17) is 9.84 Å². The Morgan fingerprint density at radius 1 is 1.44 bits per heavy atom. The summed E-state index contributed by atoms with van der Waals surface area (Å²) < 4.78 is 4.85. The maximum Gasteiger partial charge on any atom is 0.315 e. The van der Waals surface area contributed by atoms with Crippen LogP contribution >= 0.6 is 0 Å². The summed E-state index contributed by atoms with van der Waals surface area (Å²) in [4.78, 5) is 22.0. The van der Waals surface area contributed by atoms with E-state index in [1.54, 1.807) is 21.0 Å². The average molecular weight is 232 g/mol. The van der Waals surface area contributed by atoms with Crippen LogP contribution in [-0.2, 0) is 9.53 Å². The summed E-state index contributed by atoms with van der Waals surface area (Å²) in [5.74, 6) is -1.43.